The molecule has 1 N–H and O–H groups in total. The lowest BCUT2D eigenvalue weighted by molar-refractivity contribution is 0.0744. The summed E-state index contributed by atoms with van der Waals surface area (Å²) in [5.41, 5.74) is 1.11. The standard InChI is InChI=1S/C15H17F2N5O/c1-15(2,3)14-18-5-8-6-22(7-11(8)19-14)13(23)10-4-9(12(16)17)20-21-10/h4-5,12H,6-7H2,1-3H3,(H,20,21). The minimum absolute atomic E-state index is 0.0166. The van der Waals surface area contributed by atoms with Crippen LogP contribution in [0.5, 0.6) is 0 Å². The van der Waals surface area contributed by atoms with Crippen molar-refractivity contribution in [1.82, 2.24) is 25.1 Å². The van der Waals surface area contributed by atoms with Gasteiger partial charge in [-0.1, -0.05) is 20.8 Å². The van der Waals surface area contributed by atoms with Gasteiger partial charge in [0.15, 0.2) is 5.69 Å². The van der Waals surface area contributed by atoms with Gasteiger partial charge in [-0.2, -0.15) is 5.10 Å². The molecule has 1 aliphatic rings. The van der Waals surface area contributed by atoms with Crippen molar-refractivity contribution in [1.29, 1.82) is 0 Å². The van der Waals surface area contributed by atoms with E-state index >= 15 is 0 Å². The van der Waals surface area contributed by atoms with Crippen LogP contribution in [-0.2, 0) is 18.5 Å². The number of carbonyl (C=O) groups excluding carboxylic acids is 1. The molecule has 0 saturated heterocycles. The number of alkyl halides is 2. The highest BCUT2D eigenvalue weighted by Crippen LogP contribution is 2.26. The molecule has 23 heavy (non-hydrogen) atoms. The molecule has 1 aliphatic heterocycles. The van der Waals surface area contributed by atoms with Crippen LogP contribution in [0.4, 0.5) is 8.78 Å². The molecule has 122 valence electrons. The number of amides is 1. The summed E-state index contributed by atoms with van der Waals surface area (Å²) in [5, 5.41) is 5.85. The third-order valence-electron chi connectivity index (χ3n) is 3.67. The number of fused-ring (bicyclic) bond motifs is 1. The van der Waals surface area contributed by atoms with Gasteiger partial charge in [-0.25, -0.2) is 18.7 Å². The van der Waals surface area contributed by atoms with Crippen molar-refractivity contribution in [3.63, 3.8) is 0 Å². The molecule has 8 heteroatoms. The number of halogens is 2. The fraction of sp³-hybridized carbons (Fsp3) is 0.467. The second-order valence-electron chi connectivity index (χ2n) is 6.59. The van der Waals surface area contributed by atoms with Gasteiger partial charge in [-0.15, -0.1) is 0 Å². The molecule has 0 atom stereocenters. The molecule has 0 spiro atoms. The number of hydrogen-bond acceptors (Lipinski definition) is 4. The van der Waals surface area contributed by atoms with Gasteiger partial charge in [0.25, 0.3) is 12.3 Å². The monoisotopic (exact) mass is 321 g/mol. The second kappa shape index (κ2) is 5.36. The Labute approximate surface area is 131 Å². The zero-order valence-electron chi connectivity index (χ0n) is 13.1. The molecule has 3 rings (SSSR count). The molecule has 6 nitrogen and oxygen atoms in total. The summed E-state index contributed by atoms with van der Waals surface area (Å²) in [6, 6.07) is 1.09. The van der Waals surface area contributed by atoms with E-state index < -0.39 is 12.3 Å². The van der Waals surface area contributed by atoms with Crippen molar-refractivity contribution in [3.8, 4) is 0 Å². The van der Waals surface area contributed by atoms with Gasteiger partial charge < -0.3 is 4.90 Å². The van der Waals surface area contributed by atoms with Gasteiger partial charge in [0.05, 0.1) is 12.2 Å². The summed E-state index contributed by atoms with van der Waals surface area (Å²) < 4.78 is 25.2. The Morgan fingerprint density at radius 2 is 2.09 bits per heavy atom. The summed E-state index contributed by atoms with van der Waals surface area (Å²) >= 11 is 0. The molecule has 1 amide bonds. The fourth-order valence-corrected chi connectivity index (χ4v) is 2.38. The first-order valence-corrected chi connectivity index (χ1v) is 7.23. The number of hydrogen-bond donors (Lipinski definition) is 1. The summed E-state index contributed by atoms with van der Waals surface area (Å²) in [7, 11) is 0. The number of nitrogens with one attached hydrogen (secondary N) is 1. The predicted molar refractivity (Wildman–Crippen MR) is 77.9 cm³/mol. The van der Waals surface area contributed by atoms with Crippen LogP contribution >= 0.6 is 0 Å². The summed E-state index contributed by atoms with van der Waals surface area (Å²) in [5.74, 6) is 0.314. The Bertz CT molecular complexity index is 751. The van der Waals surface area contributed by atoms with Crippen LogP contribution in [0.15, 0.2) is 12.3 Å². The number of rotatable bonds is 2. The Morgan fingerprint density at radius 3 is 2.70 bits per heavy atom. The van der Waals surface area contributed by atoms with Crippen molar-refractivity contribution < 1.29 is 13.6 Å². The van der Waals surface area contributed by atoms with Crippen LogP contribution in [0.3, 0.4) is 0 Å². The minimum Gasteiger partial charge on any atom is -0.327 e. The molecule has 0 bridgehead atoms. The highest BCUT2D eigenvalue weighted by Gasteiger charge is 2.29. The van der Waals surface area contributed by atoms with Crippen LogP contribution in [0.25, 0.3) is 0 Å². The van der Waals surface area contributed by atoms with E-state index in [1.54, 1.807) is 6.20 Å². The van der Waals surface area contributed by atoms with Crippen LogP contribution in [-0.4, -0.2) is 31.0 Å². The lowest BCUT2D eigenvalue weighted by atomic mass is 9.95. The maximum absolute atomic E-state index is 12.6. The maximum atomic E-state index is 12.6. The lowest BCUT2D eigenvalue weighted by Crippen LogP contribution is -2.25. The average Bonchev–Trinajstić information content (AvgIpc) is 3.11. The number of H-pyrrole nitrogens is 1. The third kappa shape index (κ3) is 2.93. The van der Waals surface area contributed by atoms with Crippen molar-refractivity contribution in [2.24, 2.45) is 0 Å². The lowest BCUT2D eigenvalue weighted by Gasteiger charge is -2.16. The van der Waals surface area contributed by atoms with E-state index in [2.05, 4.69) is 20.2 Å². The molecule has 0 fully saturated rings. The molecule has 2 aromatic heterocycles. The van der Waals surface area contributed by atoms with Gasteiger partial charge in [-0.05, 0) is 6.07 Å². The first-order chi connectivity index (χ1) is 10.8. The molecular formula is C15H17F2N5O. The van der Waals surface area contributed by atoms with Crippen molar-refractivity contribution >= 4 is 5.91 Å². The molecule has 3 heterocycles. The van der Waals surface area contributed by atoms with Gasteiger partial charge in [0.1, 0.15) is 11.5 Å². The van der Waals surface area contributed by atoms with E-state index in [1.165, 1.54) is 4.90 Å². The molecule has 0 aromatic carbocycles. The summed E-state index contributed by atoms with van der Waals surface area (Å²) in [4.78, 5) is 22.8. The van der Waals surface area contributed by atoms with Crippen molar-refractivity contribution in [2.75, 3.05) is 0 Å². The van der Waals surface area contributed by atoms with E-state index in [0.29, 0.717) is 18.9 Å². The number of carbonyl (C=O) groups is 1. The quantitative estimate of drug-likeness (QED) is 0.922. The Hall–Kier alpha value is -2.38. The highest BCUT2D eigenvalue weighted by atomic mass is 19.3. The van der Waals surface area contributed by atoms with E-state index in [4.69, 9.17) is 0 Å². The van der Waals surface area contributed by atoms with E-state index in [9.17, 15) is 13.6 Å². The van der Waals surface area contributed by atoms with E-state index in [1.807, 2.05) is 20.8 Å². The smallest absolute Gasteiger partial charge is 0.279 e. The van der Waals surface area contributed by atoms with Crippen LogP contribution in [0.1, 0.15) is 60.5 Å². The van der Waals surface area contributed by atoms with E-state index in [0.717, 1.165) is 17.3 Å². The first-order valence-electron chi connectivity index (χ1n) is 7.23. The molecule has 0 unspecified atom stereocenters. The second-order valence-corrected chi connectivity index (χ2v) is 6.59. The molecule has 2 aromatic rings. The van der Waals surface area contributed by atoms with Gasteiger partial charge >= 0.3 is 0 Å². The molecular weight excluding hydrogens is 304 g/mol. The fourth-order valence-electron chi connectivity index (χ4n) is 2.38. The first kappa shape index (κ1) is 15.5. The zero-order valence-corrected chi connectivity index (χ0v) is 13.1. The number of aromatic nitrogens is 4. The van der Waals surface area contributed by atoms with Crippen molar-refractivity contribution in [3.05, 3.63) is 40.7 Å². The van der Waals surface area contributed by atoms with E-state index in [-0.39, 0.29) is 16.8 Å². The average molecular weight is 321 g/mol. The topological polar surface area (TPSA) is 74.8 Å². The normalized spacial score (nSPS) is 14.4. The molecule has 0 radical (unpaired) electrons. The number of nitrogens with zero attached hydrogens (tertiary/aromatic N) is 4. The SMILES string of the molecule is CC(C)(C)c1ncc2c(n1)CN(C(=O)c1cc(C(F)F)[nH]n1)C2. The van der Waals surface area contributed by atoms with Crippen LogP contribution < -0.4 is 0 Å². The van der Waals surface area contributed by atoms with Gasteiger partial charge in [-0.3, -0.25) is 9.89 Å². The van der Waals surface area contributed by atoms with Crippen LogP contribution in [0, 0.1) is 0 Å². The molecule has 0 aliphatic carbocycles. The Balaban J connectivity index is 1.79. The highest BCUT2D eigenvalue weighted by molar-refractivity contribution is 5.92. The van der Waals surface area contributed by atoms with Gasteiger partial charge in [0, 0.05) is 23.7 Å². The Morgan fingerprint density at radius 1 is 1.35 bits per heavy atom. The maximum Gasteiger partial charge on any atom is 0.279 e. The van der Waals surface area contributed by atoms with Crippen molar-refractivity contribution in [2.45, 2.75) is 45.7 Å². The third-order valence-corrected chi connectivity index (χ3v) is 3.67. The number of aromatic amines is 1. The van der Waals surface area contributed by atoms with Crippen LogP contribution in [0.2, 0.25) is 0 Å². The van der Waals surface area contributed by atoms with Gasteiger partial charge in [0.2, 0.25) is 0 Å². The predicted octanol–water partition coefficient (Wildman–Crippen LogP) is 2.59. The Kier molecular flexibility index (Phi) is 3.62. The summed E-state index contributed by atoms with van der Waals surface area (Å²) in [6.45, 7) is 6.73. The minimum atomic E-state index is -2.68. The largest absolute Gasteiger partial charge is 0.327 e. The summed E-state index contributed by atoms with van der Waals surface area (Å²) in [6.07, 6.45) is -0.953. The molecule has 0 saturated carbocycles. The zero-order chi connectivity index (χ0) is 16.8.